The summed E-state index contributed by atoms with van der Waals surface area (Å²) in [6.07, 6.45) is 0.917. The summed E-state index contributed by atoms with van der Waals surface area (Å²) in [5.41, 5.74) is 4.17. The number of aryl methyl sites for hydroxylation is 1. The highest BCUT2D eigenvalue weighted by Crippen LogP contribution is 2.23. The number of guanidine groups is 1. The molecule has 1 aromatic rings. The van der Waals surface area contributed by atoms with Gasteiger partial charge in [0, 0.05) is 71.8 Å². The minimum absolute atomic E-state index is 0.645. The van der Waals surface area contributed by atoms with Crippen molar-refractivity contribution in [3.63, 3.8) is 0 Å². The first kappa shape index (κ1) is 24.4. The number of benzene rings is 1. The van der Waals surface area contributed by atoms with Crippen LogP contribution < -0.4 is 15.5 Å². The minimum atomic E-state index is 0.645. The second-order valence-corrected chi connectivity index (χ2v) is 7.69. The molecule has 0 amide bonds. The minimum Gasteiger partial charge on any atom is -0.382 e. The lowest BCUT2D eigenvalue weighted by molar-refractivity contribution is 0.0702. The van der Waals surface area contributed by atoms with Crippen LogP contribution in [0.25, 0.3) is 0 Å². The fourth-order valence-electron chi connectivity index (χ4n) is 3.57. The van der Waals surface area contributed by atoms with Gasteiger partial charge in [-0.2, -0.15) is 0 Å². The van der Waals surface area contributed by atoms with Crippen LogP contribution in [0.1, 0.15) is 24.5 Å². The van der Waals surface area contributed by atoms with E-state index in [4.69, 9.17) is 9.47 Å². The van der Waals surface area contributed by atoms with E-state index in [0.717, 1.165) is 71.3 Å². The Morgan fingerprint density at radius 3 is 2.60 bits per heavy atom. The monoisotopic (exact) mass is 419 g/mol. The molecule has 1 aliphatic rings. The molecule has 0 atom stereocenters. The summed E-state index contributed by atoms with van der Waals surface area (Å²) in [6, 6.07) is 6.61. The van der Waals surface area contributed by atoms with Crippen LogP contribution in [-0.4, -0.2) is 90.1 Å². The third-order valence-corrected chi connectivity index (χ3v) is 5.50. The molecule has 7 nitrogen and oxygen atoms in total. The van der Waals surface area contributed by atoms with Crippen LogP contribution in [0.3, 0.4) is 0 Å². The molecule has 170 valence electrons. The van der Waals surface area contributed by atoms with Gasteiger partial charge in [-0.25, -0.2) is 0 Å². The van der Waals surface area contributed by atoms with Crippen LogP contribution in [-0.2, 0) is 9.47 Å². The van der Waals surface area contributed by atoms with Gasteiger partial charge >= 0.3 is 0 Å². The van der Waals surface area contributed by atoms with Crippen molar-refractivity contribution < 1.29 is 9.47 Å². The molecule has 0 aromatic heterocycles. The molecule has 0 bridgehead atoms. The van der Waals surface area contributed by atoms with E-state index in [0.29, 0.717) is 13.2 Å². The Kier molecular flexibility index (Phi) is 11.6. The fourth-order valence-corrected chi connectivity index (χ4v) is 3.57. The summed E-state index contributed by atoms with van der Waals surface area (Å²) < 4.78 is 10.5. The summed E-state index contributed by atoms with van der Waals surface area (Å²) in [6.45, 7) is 16.5. The van der Waals surface area contributed by atoms with Gasteiger partial charge in [-0.1, -0.05) is 12.1 Å². The van der Waals surface area contributed by atoms with Crippen LogP contribution in [0.2, 0.25) is 0 Å². The van der Waals surface area contributed by atoms with E-state index in [1.165, 1.54) is 16.8 Å². The van der Waals surface area contributed by atoms with E-state index in [2.05, 4.69) is 64.4 Å². The topological polar surface area (TPSA) is 61.4 Å². The summed E-state index contributed by atoms with van der Waals surface area (Å²) in [5.74, 6) is 0.892. The summed E-state index contributed by atoms with van der Waals surface area (Å²) >= 11 is 0. The fraction of sp³-hybridized carbons (Fsp3) is 0.696. The van der Waals surface area contributed by atoms with Crippen molar-refractivity contribution >= 4 is 11.6 Å². The molecule has 2 rings (SSSR count). The number of anilines is 1. The third kappa shape index (κ3) is 8.50. The summed E-state index contributed by atoms with van der Waals surface area (Å²) in [7, 11) is 1.69. The Morgan fingerprint density at radius 2 is 1.87 bits per heavy atom. The number of aliphatic imine (C=N–C) groups is 1. The third-order valence-electron chi connectivity index (χ3n) is 5.50. The number of methoxy groups -OCH3 is 1. The molecule has 1 aliphatic heterocycles. The van der Waals surface area contributed by atoms with Crippen LogP contribution >= 0.6 is 0 Å². The zero-order valence-corrected chi connectivity index (χ0v) is 19.4. The Hall–Kier alpha value is -1.83. The Balaban J connectivity index is 1.66. The van der Waals surface area contributed by atoms with Crippen molar-refractivity contribution in [3.05, 3.63) is 29.3 Å². The van der Waals surface area contributed by atoms with Gasteiger partial charge < -0.3 is 25.0 Å². The van der Waals surface area contributed by atoms with Gasteiger partial charge in [0.2, 0.25) is 0 Å². The van der Waals surface area contributed by atoms with Crippen LogP contribution in [0, 0.1) is 13.8 Å². The van der Waals surface area contributed by atoms with E-state index in [1.54, 1.807) is 7.11 Å². The molecule has 0 saturated carbocycles. The highest BCUT2D eigenvalue weighted by Gasteiger charge is 2.18. The highest BCUT2D eigenvalue weighted by atomic mass is 16.5. The zero-order chi connectivity index (χ0) is 21.6. The van der Waals surface area contributed by atoms with Gasteiger partial charge in [0.1, 0.15) is 0 Å². The molecule has 1 saturated heterocycles. The normalized spacial score (nSPS) is 15.5. The number of ether oxygens (including phenoxy) is 2. The summed E-state index contributed by atoms with van der Waals surface area (Å²) in [5, 5.41) is 6.78. The van der Waals surface area contributed by atoms with Gasteiger partial charge in [0.15, 0.2) is 5.96 Å². The number of rotatable bonds is 12. The smallest absolute Gasteiger partial charge is 0.191 e. The van der Waals surface area contributed by atoms with E-state index in [9.17, 15) is 0 Å². The molecule has 1 aromatic carbocycles. The Bertz CT molecular complexity index is 630. The number of hydrogen-bond acceptors (Lipinski definition) is 5. The molecule has 2 N–H and O–H groups in total. The molecule has 1 fully saturated rings. The van der Waals surface area contributed by atoms with E-state index < -0.39 is 0 Å². The van der Waals surface area contributed by atoms with Crippen molar-refractivity contribution in [1.82, 2.24) is 15.5 Å². The van der Waals surface area contributed by atoms with Gasteiger partial charge in [0.05, 0.1) is 13.2 Å². The predicted octanol–water partition coefficient (Wildman–Crippen LogP) is 2.03. The second kappa shape index (κ2) is 14.2. The van der Waals surface area contributed by atoms with Crippen molar-refractivity contribution in [2.75, 3.05) is 84.2 Å². The van der Waals surface area contributed by atoms with Gasteiger partial charge in [-0.05, 0) is 44.4 Å². The maximum Gasteiger partial charge on any atom is 0.191 e. The maximum absolute atomic E-state index is 5.49. The molecule has 30 heavy (non-hydrogen) atoms. The van der Waals surface area contributed by atoms with Crippen LogP contribution in [0.4, 0.5) is 5.69 Å². The van der Waals surface area contributed by atoms with Crippen molar-refractivity contribution in [2.24, 2.45) is 4.99 Å². The molecular formula is C23H41N5O2. The first-order chi connectivity index (χ1) is 14.7. The van der Waals surface area contributed by atoms with Crippen molar-refractivity contribution in [2.45, 2.75) is 27.2 Å². The van der Waals surface area contributed by atoms with Crippen molar-refractivity contribution in [1.29, 1.82) is 0 Å². The number of nitrogens with zero attached hydrogens (tertiary/aromatic N) is 3. The van der Waals surface area contributed by atoms with E-state index in [-0.39, 0.29) is 0 Å². The Morgan fingerprint density at radius 1 is 1.07 bits per heavy atom. The SMILES string of the molecule is CCNC(=NCCCOCCOC)NCCN1CCN(c2cccc(C)c2C)CC1. The van der Waals surface area contributed by atoms with Gasteiger partial charge in [-0.15, -0.1) is 0 Å². The molecule has 0 unspecified atom stereocenters. The maximum atomic E-state index is 5.49. The van der Waals surface area contributed by atoms with Crippen LogP contribution in [0.5, 0.6) is 0 Å². The molecule has 0 aliphatic carbocycles. The zero-order valence-electron chi connectivity index (χ0n) is 19.4. The predicted molar refractivity (Wildman–Crippen MR) is 126 cm³/mol. The van der Waals surface area contributed by atoms with Crippen molar-refractivity contribution in [3.8, 4) is 0 Å². The highest BCUT2D eigenvalue weighted by molar-refractivity contribution is 5.79. The molecule has 0 radical (unpaired) electrons. The Labute approximate surface area is 182 Å². The first-order valence-electron chi connectivity index (χ1n) is 11.3. The average Bonchev–Trinajstić information content (AvgIpc) is 2.75. The number of piperazine rings is 1. The number of hydrogen-bond donors (Lipinski definition) is 2. The average molecular weight is 420 g/mol. The lowest BCUT2D eigenvalue weighted by atomic mass is 10.1. The largest absolute Gasteiger partial charge is 0.382 e. The molecule has 1 heterocycles. The lowest BCUT2D eigenvalue weighted by Crippen LogP contribution is -2.49. The quantitative estimate of drug-likeness (QED) is 0.307. The first-order valence-corrected chi connectivity index (χ1v) is 11.3. The lowest BCUT2D eigenvalue weighted by Gasteiger charge is -2.37. The van der Waals surface area contributed by atoms with Gasteiger partial charge in [0.25, 0.3) is 0 Å². The van der Waals surface area contributed by atoms with E-state index >= 15 is 0 Å². The second-order valence-electron chi connectivity index (χ2n) is 7.69. The van der Waals surface area contributed by atoms with E-state index in [1.807, 2.05) is 0 Å². The molecule has 7 heteroatoms. The summed E-state index contributed by atoms with van der Waals surface area (Å²) in [4.78, 5) is 9.69. The molecular weight excluding hydrogens is 378 g/mol. The standard InChI is InChI=1S/C23H41N5O2/c1-5-24-23(25-10-7-17-30-19-18-29-4)26-11-12-27-13-15-28(16-14-27)22-9-6-8-20(2)21(22)3/h6,8-9H,5,7,10-19H2,1-4H3,(H2,24,25,26). The number of nitrogens with one attached hydrogen (secondary N) is 2. The van der Waals surface area contributed by atoms with Crippen LogP contribution in [0.15, 0.2) is 23.2 Å². The molecule has 0 spiro atoms. The van der Waals surface area contributed by atoms with Gasteiger partial charge in [-0.3, -0.25) is 9.89 Å².